The van der Waals surface area contributed by atoms with Crippen LogP contribution >= 0.6 is 0 Å². The molecule has 0 aromatic heterocycles. The van der Waals surface area contributed by atoms with E-state index in [4.69, 9.17) is 5.11 Å². The molecule has 21 heavy (non-hydrogen) atoms. The van der Waals surface area contributed by atoms with Gasteiger partial charge in [0.1, 0.15) is 6.61 Å². The molecular weight excluding hydrogens is 293 g/mol. The van der Waals surface area contributed by atoms with E-state index in [2.05, 4.69) is 10.1 Å². The minimum absolute atomic E-state index is 0.0124. The lowest BCUT2D eigenvalue weighted by atomic mass is 9.95. The summed E-state index contributed by atoms with van der Waals surface area (Å²) in [7, 11) is 0. The quantitative estimate of drug-likeness (QED) is 0.728. The standard InChI is InChI=1S/C12H19F3N2O4/c13-12(14,15)8-21-5-3-16-11(20)17-4-1-2-9(7-17)6-10(18)19/h9H,1-8H2,(H,16,20)(H,18,19). The molecule has 0 aromatic rings. The number of rotatable bonds is 6. The van der Waals surface area contributed by atoms with Crippen molar-refractivity contribution >= 4 is 12.0 Å². The third-order valence-corrected chi connectivity index (χ3v) is 3.06. The monoisotopic (exact) mass is 312 g/mol. The summed E-state index contributed by atoms with van der Waals surface area (Å²) < 4.78 is 39.8. The molecule has 1 fully saturated rings. The topological polar surface area (TPSA) is 78.9 Å². The van der Waals surface area contributed by atoms with Crippen LogP contribution in [0.15, 0.2) is 0 Å². The molecule has 2 N–H and O–H groups in total. The molecule has 0 radical (unpaired) electrons. The second-order valence-corrected chi connectivity index (χ2v) is 4.95. The highest BCUT2D eigenvalue weighted by molar-refractivity contribution is 5.74. The Morgan fingerprint density at radius 1 is 1.38 bits per heavy atom. The summed E-state index contributed by atoms with van der Waals surface area (Å²) in [6, 6.07) is -0.402. The molecule has 1 unspecified atom stereocenters. The van der Waals surface area contributed by atoms with Crippen LogP contribution in [-0.2, 0) is 9.53 Å². The van der Waals surface area contributed by atoms with E-state index in [0.29, 0.717) is 13.1 Å². The number of carboxylic acid groups (broad SMARTS) is 1. The maximum absolute atomic E-state index is 11.8. The maximum Gasteiger partial charge on any atom is 0.411 e. The van der Waals surface area contributed by atoms with E-state index in [1.54, 1.807) is 0 Å². The Bertz CT molecular complexity index is 363. The SMILES string of the molecule is O=C(O)CC1CCCN(C(=O)NCCOCC(F)(F)F)C1. The first kappa shape index (κ1) is 17.5. The van der Waals surface area contributed by atoms with E-state index in [9.17, 15) is 22.8 Å². The molecule has 1 aliphatic rings. The number of likely N-dealkylation sites (tertiary alicyclic amines) is 1. The summed E-state index contributed by atoms with van der Waals surface area (Å²) in [6.07, 6.45) is -2.89. The zero-order valence-corrected chi connectivity index (χ0v) is 11.5. The highest BCUT2D eigenvalue weighted by atomic mass is 19.4. The van der Waals surface area contributed by atoms with E-state index in [-0.39, 0.29) is 25.5 Å². The first-order valence-electron chi connectivity index (χ1n) is 6.67. The van der Waals surface area contributed by atoms with Crippen molar-refractivity contribution in [2.24, 2.45) is 5.92 Å². The van der Waals surface area contributed by atoms with Gasteiger partial charge in [-0.3, -0.25) is 4.79 Å². The van der Waals surface area contributed by atoms with Crippen molar-refractivity contribution in [3.05, 3.63) is 0 Å². The van der Waals surface area contributed by atoms with Gasteiger partial charge in [0.05, 0.1) is 6.61 Å². The van der Waals surface area contributed by atoms with Gasteiger partial charge in [0.2, 0.25) is 0 Å². The van der Waals surface area contributed by atoms with Crippen LogP contribution in [0.5, 0.6) is 0 Å². The Morgan fingerprint density at radius 3 is 2.71 bits per heavy atom. The molecule has 6 nitrogen and oxygen atoms in total. The fourth-order valence-corrected chi connectivity index (χ4v) is 2.19. The number of alkyl halides is 3. The third-order valence-electron chi connectivity index (χ3n) is 3.06. The Hall–Kier alpha value is -1.51. The molecule has 1 saturated heterocycles. The molecule has 2 amide bonds. The summed E-state index contributed by atoms with van der Waals surface area (Å²) >= 11 is 0. The number of urea groups is 1. The molecule has 0 bridgehead atoms. The van der Waals surface area contributed by atoms with E-state index in [0.717, 1.165) is 12.8 Å². The van der Waals surface area contributed by atoms with Crippen molar-refractivity contribution in [1.29, 1.82) is 0 Å². The Balaban J connectivity index is 2.21. The minimum Gasteiger partial charge on any atom is -0.481 e. The van der Waals surface area contributed by atoms with Gasteiger partial charge < -0.3 is 20.1 Å². The van der Waals surface area contributed by atoms with Gasteiger partial charge in [-0.2, -0.15) is 13.2 Å². The predicted octanol–water partition coefficient (Wildman–Crippen LogP) is 1.46. The van der Waals surface area contributed by atoms with Crippen molar-refractivity contribution in [3.8, 4) is 0 Å². The Kier molecular flexibility index (Phi) is 6.73. The number of carbonyl (C=O) groups is 2. The fourth-order valence-electron chi connectivity index (χ4n) is 2.19. The Morgan fingerprint density at radius 2 is 2.10 bits per heavy atom. The number of hydrogen-bond acceptors (Lipinski definition) is 3. The van der Waals surface area contributed by atoms with Gasteiger partial charge in [-0.05, 0) is 18.8 Å². The fraction of sp³-hybridized carbons (Fsp3) is 0.833. The van der Waals surface area contributed by atoms with Crippen LogP contribution in [0.2, 0.25) is 0 Å². The van der Waals surface area contributed by atoms with Gasteiger partial charge in [-0.1, -0.05) is 0 Å². The summed E-state index contributed by atoms with van der Waals surface area (Å²) in [5, 5.41) is 11.2. The van der Waals surface area contributed by atoms with Crippen LogP contribution in [0.4, 0.5) is 18.0 Å². The zero-order valence-electron chi connectivity index (χ0n) is 11.5. The second kappa shape index (κ2) is 8.06. The number of amides is 2. The van der Waals surface area contributed by atoms with Crippen molar-refractivity contribution in [2.45, 2.75) is 25.4 Å². The van der Waals surface area contributed by atoms with Crippen molar-refractivity contribution < 1.29 is 32.6 Å². The molecule has 1 heterocycles. The van der Waals surface area contributed by atoms with Crippen molar-refractivity contribution in [2.75, 3.05) is 32.8 Å². The molecule has 1 rings (SSSR count). The molecule has 0 aromatic carbocycles. The Labute approximate surface area is 120 Å². The lowest BCUT2D eigenvalue weighted by Crippen LogP contribution is -2.46. The molecule has 122 valence electrons. The van der Waals surface area contributed by atoms with Crippen molar-refractivity contribution in [3.63, 3.8) is 0 Å². The van der Waals surface area contributed by atoms with Gasteiger partial charge in [0.15, 0.2) is 0 Å². The second-order valence-electron chi connectivity index (χ2n) is 4.95. The average molecular weight is 312 g/mol. The van der Waals surface area contributed by atoms with Crippen LogP contribution in [0.1, 0.15) is 19.3 Å². The van der Waals surface area contributed by atoms with Gasteiger partial charge in [-0.25, -0.2) is 4.79 Å². The summed E-state index contributed by atoms with van der Waals surface area (Å²) in [6.45, 7) is -0.715. The number of carboxylic acids is 1. The first-order valence-corrected chi connectivity index (χ1v) is 6.67. The number of halogens is 3. The van der Waals surface area contributed by atoms with E-state index in [1.807, 2.05) is 0 Å². The smallest absolute Gasteiger partial charge is 0.411 e. The highest BCUT2D eigenvalue weighted by Gasteiger charge is 2.27. The largest absolute Gasteiger partial charge is 0.481 e. The molecule has 1 aliphatic heterocycles. The van der Waals surface area contributed by atoms with Gasteiger partial charge in [0, 0.05) is 26.1 Å². The number of nitrogens with zero attached hydrogens (tertiary/aromatic N) is 1. The number of ether oxygens (including phenoxy) is 1. The van der Waals surface area contributed by atoms with Gasteiger partial charge in [0.25, 0.3) is 0 Å². The predicted molar refractivity (Wildman–Crippen MR) is 66.8 cm³/mol. The molecule has 0 aliphatic carbocycles. The van der Waals surface area contributed by atoms with Crippen LogP contribution in [0, 0.1) is 5.92 Å². The van der Waals surface area contributed by atoms with Crippen molar-refractivity contribution in [1.82, 2.24) is 10.2 Å². The molecule has 9 heteroatoms. The number of carbonyl (C=O) groups excluding carboxylic acids is 1. The summed E-state index contributed by atoms with van der Waals surface area (Å²) in [5.74, 6) is -0.980. The van der Waals surface area contributed by atoms with Crippen LogP contribution < -0.4 is 5.32 Å². The van der Waals surface area contributed by atoms with Crippen LogP contribution in [0.25, 0.3) is 0 Å². The number of hydrogen-bond donors (Lipinski definition) is 2. The molecular formula is C12H19F3N2O4. The van der Waals surface area contributed by atoms with Crippen LogP contribution in [-0.4, -0.2) is 61.0 Å². The van der Waals surface area contributed by atoms with E-state index < -0.39 is 24.8 Å². The van der Waals surface area contributed by atoms with E-state index >= 15 is 0 Å². The number of piperidine rings is 1. The third kappa shape index (κ3) is 7.74. The summed E-state index contributed by atoms with van der Waals surface area (Å²) in [4.78, 5) is 23.9. The molecule has 0 saturated carbocycles. The van der Waals surface area contributed by atoms with Gasteiger partial charge in [-0.15, -0.1) is 0 Å². The highest BCUT2D eigenvalue weighted by Crippen LogP contribution is 2.19. The molecule has 1 atom stereocenters. The average Bonchev–Trinajstić information content (AvgIpc) is 2.36. The minimum atomic E-state index is -4.37. The zero-order chi connectivity index (χ0) is 15.9. The van der Waals surface area contributed by atoms with Crippen LogP contribution in [0.3, 0.4) is 0 Å². The normalized spacial score (nSPS) is 19.4. The first-order chi connectivity index (χ1) is 9.78. The number of nitrogens with one attached hydrogen (secondary N) is 1. The maximum atomic E-state index is 11.8. The summed E-state index contributed by atoms with van der Waals surface area (Å²) in [5.41, 5.74) is 0. The lowest BCUT2D eigenvalue weighted by molar-refractivity contribution is -0.173. The molecule has 0 spiro atoms. The lowest BCUT2D eigenvalue weighted by Gasteiger charge is -2.32. The van der Waals surface area contributed by atoms with Gasteiger partial charge >= 0.3 is 18.2 Å². The number of aliphatic carboxylic acids is 1. The van der Waals surface area contributed by atoms with E-state index in [1.165, 1.54) is 4.90 Å².